The monoisotopic (exact) mass is 253 g/mol. The molecule has 1 nitrogen and oxygen atoms in total. The van der Waals surface area contributed by atoms with E-state index in [-0.39, 0.29) is 0 Å². The SMILES string of the molecule is CC1(C)C(NCc2ccc3ccccc3c2)C1(C)C. The Morgan fingerprint density at radius 2 is 1.53 bits per heavy atom. The van der Waals surface area contributed by atoms with Gasteiger partial charge in [0.15, 0.2) is 0 Å². The number of fused-ring (bicyclic) bond motifs is 1. The summed E-state index contributed by atoms with van der Waals surface area (Å²) in [5, 5.41) is 6.37. The minimum atomic E-state index is 0.407. The summed E-state index contributed by atoms with van der Waals surface area (Å²) >= 11 is 0. The zero-order valence-corrected chi connectivity index (χ0v) is 12.3. The normalized spacial score (nSPS) is 20.6. The van der Waals surface area contributed by atoms with Crippen molar-refractivity contribution in [2.24, 2.45) is 10.8 Å². The predicted molar refractivity (Wildman–Crippen MR) is 82.1 cm³/mol. The molecule has 3 rings (SSSR count). The van der Waals surface area contributed by atoms with E-state index in [1.807, 2.05) is 0 Å². The quantitative estimate of drug-likeness (QED) is 0.856. The van der Waals surface area contributed by atoms with Gasteiger partial charge in [0.1, 0.15) is 0 Å². The largest absolute Gasteiger partial charge is 0.309 e. The van der Waals surface area contributed by atoms with Crippen molar-refractivity contribution in [2.45, 2.75) is 40.3 Å². The molecule has 0 radical (unpaired) electrons. The summed E-state index contributed by atoms with van der Waals surface area (Å²) in [7, 11) is 0. The number of nitrogens with one attached hydrogen (secondary N) is 1. The van der Waals surface area contributed by atoms with Crippen LogP contribution >= 0.6 is 0 Å². The summed E-state index contributed by atoms with van der Waals surface area (Å²) in [4.78, 5) is 0. The standard InChI is InChI=1S/C18H23N/c1-17(2)16(18(17,3)4)19-12-13-9-10-14-7-5-6-8-15(14)11-13/h5-11,16,19H,12H2,1-4H3. The maximum atomic E-state index is 3.72. The van der Waals surface area contributed by atoms with E-state index >= 15 is 0 Å². The third-order valence-electron chi connectivity index (χ3n) is 5.34. The van der Waals surface area contributed by atoms with Gasteiger partial charge in [-0.3, -0.25) is 0 Å². The van der Waals surface area contributed by atoms with Crippen LogP contribution in [0.5, 0.6) is 0 Å². The lowest BCUT2D eigenvalue weighted by atomic mass is 10.0. The predicted octanol–water partition coefficient (Wildman–Crippen LogP) is 4.36. The highest BCUT2D eigenvalue weighted by Crippen LogP contribution is 2.62. The lowest BCUT2D eigenvalue weighted by Crippen LogP contribution is -2.21. The van der Waals surface area contributed by atoms with E-state index in [4.69, 9.17) is 0 Å². The van der Waals surface area contributed by atoms with Gasteiger partial charge in [0.2, 0.25) is 0 Å². The minimum absolute atomic E-state index is 0.407. The molecule has 0 bridgehead atoms. The van der Waals surface area contributed by atoms with Crippen LogP contribution in [-0.4, -0.2) is 6.04 Å². The second kappa shape index (κ2) is 4.08. The van der Waals surface area contributed by atoms with Crippen molar-refractivity contribution >= 4 is 10.8 Å². The van der Waals surface area contributed by atoms with Gasteiger partial charge in [0.25, 0.3) is 0 Å². The van der Waals surface area contributed by atoms with Crippen molar-refractivity contribution in [3.63, 3.8) is 0 Å². The highest BCUT2D eigenvalue weighted by molar-refractivity contribution is 5.82. The van der Waals surface area contributed by atoms with E-state index in [2.05, 4.69) is 75.5 Å². The van der Waals surface area contributed by atoms with Crippen molar-refractivity contribution in [1.29, 1.82) is 0 Å². The number of benzene rings is 2. The van der Waals surface area contributed by atoms with Gasteiger partial charge in [-0.25, -0.2) is 0 Å². The molecule has 0 saturated heterocycles. The maximum Gasteiger partial charge on any atom is 0.0208 e. The molecule has 0 aromatic heterocycles. The molecular weight excluding hydrogens is 230 g/mol. The van der Waals surface area contributed by atoms with E-state index in [9.17, 15) is 0 Å². The van der Waals surface area contributed by atoms with Crippen LogP contribution in [0.1, 0.15) is 33.3 Å². The topological polar surface area (TPSA) is 12.0 Å². The van der Waals surface area contributed by atoms with Gasteiger partial charge >= 0.3 is 0 Å². The molecule has 19 heavy (non-hydrogen) atoms. The Kier molecular flexibility index (Phi) is 2.72. The van der Waals surface area contributed by atoms with Crippen LogP contribution in [0, 0.1) is 10.8 Å². The van der Waals surface area contributed by atoms with E-state index in [1.54, 1.807) is 0 Å². The Morgan fingerprint density at radius 1 is 0.895 bits per heavy atom. The first-order chi connectivity index (χ1) is 8.93. The molecule has 1 N–H and O–H groups in total. The lowest BCUT2D eigenvalue weighted by Gasteiger charge is -2.08. The molecule has 2 aromatic carbocycles. The molecule has 1 aliphatic rings. The molecule has 0 spiro atoms. The molecule has 1 saturated carbocycles. The van der Waals surface area contributed by atoms with Gasteiger partial charge < -0.3 is 5.32 Å². The number of hydrogen-bond acceptors (Lipinski definition) is 1. The van der Waals surface area contributed by atoms with Crippen LogP contribution in [0.2, 0.25) is 0 Å². The van der Waals surface area contributed by atoms with Gasteiger partial charge in [0, 0.05) is 12.6 Å². The van der Waals surface area contributed by atoms with Crippen LogP contribution in [0.25, 0.3) is 10.8 Å². The summed E-state index contributed by atoms with van der Waals surface area (Å²) < 4.78 is 0. The Bertz CT molecular complexity index is 596. The molecule has 0 atom stereocenters. The molecule has 100 valence electrons. The summed E-state index contributed by atoms with van der Waals surface area (Å²) in [5.74, 6) is 0. The Hall–Kier alpha value is -1.34. The fourth-order valence-corrected chi connectivity index (χ4v) is 3.28. The maximum absolute atomic E-state index is 3.72. The summed E-state index contributed by atoms with van der Waals surface area (Å²) in [6.45, 7) is 10.4. The number of rotatable bonds is 3. The lowest BCUT2D eigenvalue weighted by molar-refractivity contribution is 0.457. The summed E-state index contributed by atoms with van der Waals surface area (Å²) in [6.07, 6.45) is 0. The minimum Gasteiger partial charge on any atom is -0.309 e. The second-order valence-electron chi connectivity index (χ2n) is 6.94. The first-order valence-electron chi connectivity index (χ1n) is 7.14. The van der Waals surface area contributed by atoms with Crippen LogP contribution in [0.3, 0.4) is 0 Å². The van der Waals surface area contributed by atoms with Crippen LogP contribution in [-0.2, 0) is 6.54 Å². The first-order valence-corrected chi connectivity index (χ1v) is 7.14. The Balaban J connectivity index is 1.73. The summed E-state index contributed by atoms with van der Waals surface area (Å²) in [5.41, 5.74) is 2.19. The van der Waals surface area contributed by atoms with E-state index in [1.165, 1.54) is 16.3 Å². The Morgan fingerprint density at radius 3 is 2.16 bits per heavy atom. The van der Waals surface area contributed by atoms with Crippen LogP contribution in [0.15, 0.2) is 42.5 Å². The zero-order chi connectivity index (χ0) is 13.7. The van der Waals surface area contributed by atoms with Crippen LogP contribution in [0.4, 0.5) is 0 Å². The molecular formula is C18H23N. The fourth-order valence-electron chi connectivity index (χ4n) is 3.28. The highest BCUT2D eigenvalue weighted by Gasteiger charge is 2.64. The molecule has 2 aromatic rings. The molecule has 0 amide bonds. The van der Waals surface area contributed by atoms with E-state index < -0.39 is 0 Å². The van der Waals surface area contributed by atoms with Crippen molar-refractivity contribution in [3.8, 4) is 0 Å². The average Bonchev–Trinajstić information content (AvgIpc) is 2.77. The average molecular weight is 253 g/mol. The van der Waals surface area contributed by atoms with Crippen molar-refractivity contribution in [2.75, 3.05) is 0 Å². The van der Waals surface area contributed by atoms with E-state index in [0.29, 0.717) is 16.9 Å². The molecule has 1 heteroatoms. The third kappa shape index (κ3) is 1.97. The zero-order valence-electron chi connectivity index (χ0n) is 12.3. The van der Waals surface area contributed by atoms with Gasteiger partial charge in [-0.15, -0.1) is 0 Å². The molecule has 0 heterocycles. The van der Waals surface area contributed by atoms with Gasteiger partial charge in [-0.2, -0.15) is 0 Å². The fraction of sp³-hybridized carbons (Fsp3) is 0.444. The smallest absolute Gasteiger partial charge is 0.0208 e. The van der Waals surface area contributed by atoms with Crippen molar-refractivity contribution in [3.05, 3.63) is 48.0 Å². The molecule has 1 aliphatic carbocycles. The van der Waals surface area contributed by atoms with Crippen LogP contribution < -0.4 is 5.32 Å². The van der Waals surface area contributed by atoms with E-state index in [0.717, 1.165) is 6.54 Å². The third-order valence-corrected chi connectivity index (χ3v) is 5.34. The van der Waals surface area contributed by atoms with Gasteiger partial charge in [0.05, 0.1) is 0 Å². The molecule has 0 unspecified atom stereocenters. The molecule has 0 aliphatic heterocycles. The van der Waals surface area contributed by atoms with Gasteiger partial charge in [-0.05, 0) is 33.2 Å². The Labute approximate surface area is 116 Å². The summed E-state index contributed by atoms with van der Waals surface area (Å²) in [6, 6.07) is 15.9. The van der Waals surface area contributed by atoms with Gasteiger partial charge in [-0.1, -0.05) is 64.1 Å². The van der Waals surface area contributed by atoms with Crippen molar-refractivity contribution < 1.29 is 0 Å². The number of hydrogen-bond donors (Lipinski definition) is 1. The molecule has 1 fully saturated rings. The first kappa shape index (κ1) is 12.7. The highest BCUT2D eigenvalue weighted by atomic mass is 15.0. The second-order valence-corrected chi connectivity index (χ2v) is 6.94. The van der Waals surface area contributed by atoms with Crippen molar-refractivity contribution in [1.82, 2.24) is 5.32 Å².